The number of nitrogen functional groups attached to an aromatic ring is 1. The maximum absolute atomic E-state index is 11.4. The number of fused-ring (bicyclic) bond motifs is 1. The fourth-order valence-electron chi connectivity index (χ4n) is 2.49. The molecule has 0 aliphatic carbocycles. The van der Waals surface area contributed by atoms with Gasteiger partial charge in [0.15, 0.2) is 5.65 Å². The highest BCUT2D eigenvalue weighted by Gasteiger charge is 2.18. The van der Waals surface area contributed by atoms with Gasteiger partial charge in [-0.15, -0.1) is 5.10 Å². The lowest BCUT2D eigenvalue weighted by molar-refractivity contribution is 0.0698. The van der Waals surface area contributed by atoms with Crippen molar-refractivity contribution >= 4 is 17.6 Å². The summed E-state index contributed by atoms with van der Waals surface area (Å²) in [6.45, 7) is 3.80. The molecule has 0 radical (unpaired) electrons. The van der Waals surface area contributed by atoms with E-state index in [1.807, 2.05) is 20.9 Å². The normalized spacial score (nSPS) is 11.2. The first-order valence-electron chi connectivity index (χ1n) is 6.28. The van der Waals surface area contributed by atoms with Crippen LogP contribution in [0, 0.1) is 13.8 Å². The molecule has 0 atom stereocenters. The molecule has 0 fully saturated rings. The number of rotatable bonds is 2. The van der Waals surface area contributed by atoms with Gasteiger partial charge in [-0.1, -0.05) is 0 Å². The Kier molecular flexibility index (Phi) is 2.68. The molecule has 0 aliphatic rings. The first-order valence-corrected chi connectivity index (χ1v) is 6.28. The molecule has 8 heteroatoms. The molecule has 0 unspecified atom stereocenters. The summed E-state index contributed by atoms with van der Waals surface area (Å²) in [6.07, 6.45) is 1.71. The summed E-state index contributed by atoms with van der Waals surface area (Å²) >= 11 is 0. The van der Waals surface area contributed by atoms with Crippen LogP contribution >= 0.6 is 0 Å². The van der Waals surface area contributed by atoms with Crippen LogP contribution in [0.2, 0.25) is 0 Å². The average Bonchev–Trinajstić information content (AvgIpc) is 2.88. The maximum Gasteiger partial charge on any atom is 0.339 e. The SMILES string of the molecule is Cc1nn(C)c(C)c1-c1cc(C(=O)O)c2nc(N)nn2c1. The molecule has 3 aromatic heterocycles. The molecule has 0 bridgehead atoms. The summed E-state index contributed by atoms with van der Waals surface area (Å²) < 4.78 is 3.14. The third-order valence-electron chi connectivity index (χ3n) is 3.48. The highest BCUT2D eigenvalue weighted by Crippen LogP contribution is 2.28. The molecule has 3 heterocycles. The van der Waals surface area contributed by atoms with Gasteiger partial charge < -0.3 is 10.8 Å². The van der Waals surface area contributed by atoms with E-state index in [-0.39, 0.29) is 17.2 Å². The number of hydrogen-bond donors (Lipinski definition) is 2. The Morgan fingerprint density at radius 2 is 2.05 bits per heavy atom. The number of anilines is 1. The second kappa shape index (κ2) is 4.30. The van der Waals surface area contributed by atoms with Crippen LogP contribution in [0.4, 0.5) is 5.95 Å². The highest BCUT2D eigenvalue weighted by molar-refractivity contribution is 5.96. The monoisotopic (exact) mass is 286 g/mol. The molecular formula is C13H14N6O2. The summed E-state index contributed by atoms with van der Waals surface area (Å²) in [5.41, 5.74) is 9.20. The van der Waals surface area contributed by atoms with E-state index in [0.717, 1.165) is 17.0 Å². The fourth-order valence-corrected chi connectivity index (χ4v) is 2.49. The maximum atomic E-state index is 11.4. The number of nitrogens with two attached hydrogens (primary N) is 1. The lowest BCUT2D eigenvalue weighted by Crippen LogP contribution is -2.03. The van der Waals surface area contributed by atoms with Gasteiger partial charge in [0.05, 0.1) is 5.69 Å². The van der Waals surface area contributed by atoms with Gasteiger partial charge in [-0.25, -0.2) is 9.31 Å². The molecule has 21 heavy (non-hydrogen) atoms. The molecule has 0 saturated carbocycles. The van der Waals surface area contributed by atoms with E-state index in [4.69, 9.17) is 5.73 Å². The molecule has 8 nitrogen and oxygen atoms in total. The van der Waals surface area contributed by atoms with E-state index in [1.165, 1.54) is 4.52 Å². The van der Waals surface area contributed by atoms with Gasteiger partial charge in [-0.2, -0.15) is 10.1 Å². The molecule has 108 valence electrons. The van der Waals surface area contributed by atoms with Crippen molar-refractivity contribution in [1.82, 2.24) is 24.4 Å². The number of nitrogens with zero attached hydrogens (tertiary/aromatic N) is 5. The van der Waals surface area contributed by atoms with Crippen LogP contribution in [0.25, 0.3) is 16.8 Å². The number of carbonyl (C=O) groups is 1. The average molecular weight is 286 g/mol. The van der Waals surface area contributed by atoms with E-state index in [1.54, 1.807) is 16.9 Å². The van der Waals surface area contributed by atoms with Crippen LogP contribution in [0.1, 0.15) is 21.7 Å². The first-order chi connectivity index (χ1) is 9.88. The lowest BCUT2D eigenvalue weighted by atomic mass is 10.0. The summed E-state index contributed by atoms with van der Waals surface area (Å²) in [4.78, 5) is 15.4. The van der Waals surface area contributed by atoms with Gasteiger partial charge >= 0.3 is 5.97 Å². The Bertz CT molecular complexity index is 877. The van der Waals surface area contributed by atoms with E-state index >= 15 is 0 Å². The van der Waals surface area contributed by atoms with Gasteiger partial charge in [-0.05, 0) is 19.9 Å². The molecule has 3 N–H and O–H groups in total. The Hall–Kier alpha value is -2.90. The third kappa shape index (κ3) is 1.92. The van der Waals surface area contributed by atoms with Crippen molar-refractivity contribution in [2.24, 2.45) is 7.05 Å². The smallest absolute Gasteiger partial charge is 0.339 e. The number of hydrogen-bond acceptors (Lipinski definition) is 5. The van der Waals surface area contributed by atoms with Crippen molar-refractivity contribution in [1.29, 1.82) is 0 Å². The topological polar surface area (TPSA) is 111 Å². The summed E-state index contributed by atoms with van der Waals surface area (Å²) in [5, 5.41) is 17.7. The van der Waals surface area contributed by atoms with Crippen LogP contribution in [0.5, 0.6) is 0 Å². The van der Waals surface area contributed by atoms with Crippen molar-refractivity contribution in [3.05, 3.63) is 29.2 Å². The van der Waals surface area contributed by atoms with E-state index < -0.39 is 5.97 Å². The second-order valence-corrected chi connectivity index (χ2v) is 4.86. The van der Waals surface area contributed by atoms with Gasteiger partial charge in [-0.3, -0.25) is 4.68 Å². The first kappa shape index (κ1) is 13.1. The number of aromatic nitrogens is 5. The zero-order chi connectivity index (χ0) is 15.3. The predicted octanol–water partition coefficient (Wildman–Crippen LogP) is 1.03. The van der Waals surface area contributed by atoms with Crippen molar-refractivity contribution in [2.45, 2.75) is 13.8 Å². The van der Waals surface area contributed by atoms with Gasteiger partial charge in [0.1, 0.15) is 5.56 Å². The molecule has 3 aromatic rings. The van der Waals surface area contributed by atoms with Crippen LogP contribution < -0.4 is 5.73 Å². The number of aryl methyl sites for hydroxylation is 2. The third-order valence-corrected chi connectivity index (χ3v) is 3.48. The van der Waals surface area contributed by atoms with Crippen molar-refractivity contribution in [3.63, 3.8) is 0 Å². The minimum Gasteiger partial charge on any atom is -0.478 e. The van der Waals surface area contributed by atoms with E-state index in [9.17, 15) is 9.90 Å². The van der Waals surface area contributed by atoms with Gasteiger partial charge in [0.2, 0.25) is 5.95 Å². The quantitative estimate of drug-likeness (QED) is 0.727. The zero-order valence-corrected chi connectivity index (χ0v) is 11.8. The molecule has 0 aliphatic heterocycles. The largest absolute Gasteiger partial charge is 0.478 e. The lowest BCUT2D eigenvalue weighted by Gasteiger charge is -2.05. The number of aromatic carboxylic acids is 1. The molecule has 0 amide bonds. The second-order valence-electron chi connectivity index (χ2n) is 4.86. The summed E-state index contributed by atoms with van der Waals surface area (Å²) in [6, 6.07) is 1.57. The standard InChI is InChI=1S/C13H14N6O2/c1-6-10(7(2)18(3)16-6)8-4-9(12(20)21)11-15-13(14)17-19(11)5-8/h4-5H,1-3H3,(H2,14,17)(H,20,21). The Morgan fingerprint density at radius 1 is 1.33 bits per heavy atom. The van der Waals surface area contributed by atoms with E-state index in [2.05, 4.69) is 15.2 Å². The fraction of sp³-hybridized carbons (Fsp3) is 0.231. The van der Waals surface area contributed by atoms with Crippen molar-refractivity contribution in [3.8, 4) is 11.1 Å². The number of pyridine rings is 1. The zero-order valence-electron chi connectivity index (χ0n) is 11.8. The minimum absolute atomic E-state index is 0.0364. The van der Waals surface area contributed by atoms with Crippen LogP contribution in [-0.4, -0.2) is 35.5 Å². The van der Waals surface area contributed by atoms with E-state index in [0.29, 0.717) is 5.56 Å². The van der Waals surface area contributed by atoms with Crippen LogP contribution in [0.15, 0.2) is 12.3 Å². The number of carboxylic acid groups (broad SMARTS) is 1. The Labute approximate surface area is 119 Å². The van der Waals surface area contributed by atoms with Crippen molar-refractivity contribution in [2.75, 3.05) is 5.73 Å². The molecule has 3 rings (SSSR count). The number of carboxylic acids is 1. The highest BCUT2D eigenvalue weighted by atomic mass is 16.4. The molecular weight excluding hydrogens is 272 g/mol. The predicted molar refractivity (Wildman–Crippen MR) is 76.0 cm³/mol. The molecule has 0 saturated heterocycles. The summed E-state index contributed by atoms with van der Waals surface area (Å²) in [5.74, 6) is -1.04. The molecule has 0 spiro atoms. The van der Waals surface area contributed by atoms with Crippen molar-refractivity contribution < 1.29 is 9.90 Å². The minimum atomic E-state index is -1.08. The van der Waals surface area contributed by atoms with Crippen LogP contribution in [0.3, 0.4) is 0 Å². The Morgan fingerprint density at radius 3 is 2.62 bits per heavy atom. The van der Waals surface area contributed by atoms with Gasteiger partial charge in [0.25, 0.3) is 0 Å². The molecule has 0 aromatic carbocycles. The van der Waals surface area contributed by atoms with Crippen LogP contribution in [-0.2, 0) is 7.05 Å². The van der Waals surface area contributed by atoms with Gasteiger partial charge in [0, 0.05) is 30.1 Å². The Balaban J connectivity index is 2.36. The summed E-state index contributed by atoms with van der Waals surface area (Å²) in [7, 11) is 1.84.